The zero-order chi connectivity index (χ0) is 10.8. The number of fused-ring (bicyclic) bond motifs is 1. The highest BCUT2D eigenvalue weighted by Gasteiger charge is 2.13. The number of H-pyrrole nitrogens is 1. The standard InChI is InChI=1S/C10H6F2N2O/c11-8-3-6-1-2-14-10(6)9(12)7(8)4-13-5-15/h1-3,14H,4H2. The lowest BCUT2D eigenvalue weighted by Crippen LogP contribution is -1.95. The fourth-order valence-corrected chi connectivity index (χ4v) is 1.43. The van der Waals surface area contributed by atoms with Crippen LogP contribution in [0.3, 0.4) is 0 Å². The molecule has 0 amide bonds. The Morgan fingerprint density at radius 2 is 2.27 bits per heavy atom. The molecule has 1 aromatic heterocycles. The molecule has 0 aliphatic rings. The summed E-state index contributed by atoms with van der Waals surface area (Å²) in [6.45, 7) is -0.337. The third-order valence-electron chi connectivity index (χ3n) is 2.14. The third-order valence-corrected chi connectivity index (χ3v) is 2.14. The van der Waals surface area contributed by atoms with Crippen molar-refractivity contribution in [1.29, 1.82) is 0 Å². The predicted molar refractivity (Wildman–Crippen MR) is 50.0 cm³/mol. The smallest absolute Gasteiger partial charge is 0.235 e. The van der Waals surface area contributed by atoms with Crippen molar-refractivity contribution in [2.75, 3.05) is 0 Å². The molecular weight excluding hydrogens is 202 g/mol. The van der Waals surface area contributed by atoms with Crippen LogP contribution in [0, 0.1) is 11.6 Å². The maximum atomic E-state index is 13.6. The molecule has 2 aromatic rings. The number of nitrogens with zero attached hydrogens (tertiary/aromatic N) is 1. The maximum absolute atomic E-state index is 13.6. The van der Waals surface area contributed by atoms with Crippen LogP contribution in [0.2, 0.25) is 0 Å². The van der Waals surface area contributed by atoms with Gasteiger partial charge < -0.3 is 4.98 Å². The Labute approximate surface area is 83.4 Å². The van der Waals surface area contributed by atoms with Gasteiger partial charge in [-0.25, -0.2) is 18.6 Å². The highest BCUT2D eigenvalue weighted by molar-refractivity contribution is 5.80. The Hall–Kier alpha value is -2.00. The van der Waals surface area contributed by atoms with Gasteiger partial charge in [0.2, 0.25) is 6.08 Å². The molecule has 3 nitrogen and oxygen atoms in total. The van der Waals surface area contributed by atoms with Crippen molar-refractivity contribution in [1.82, 2.24) is 4.98 Å². The van der Waals surface area contributed by atoms with Crippen LogP contribution in [0.1, 0.15) is 5.56 Å². The van der Waals surface area contributed by atoms with Gasteiger partial charge in [0, 0.05) is 17.1 Å². The number of halogens is 2. The van der Waals surface area contributed by atoms with E-state index < -0.39 is 11.6 Å². The molecule has 76 valence electrons. The molecule has 1 heterocycles. The number of rotatable bonds is 2. The van der Waals surface area contributed by atoms with Gasteiger partial charge in [-0.3, -0.25) is 0 Å². The Morgan fingerprint density at radius 1 is 1.47 bits per heavy atom. The first-order valence-corrected chi connectivity index (χ1v) is 4.21. The molecule has 1 N–H and O–H groups in total. The highest BCUT2D eigenvalue weighted by atomic mass is 19.1. The zero-order valence-corrected chi connectivity index (χ0v) is 7.55. The molecule has 5 heteroatoms. The van der Waals surface area contributed by atoms with Crippen LogP contribution in [-0.4, -0.2) is 11.1 Å². The average molecular weight is 208 g/mol. The van der Waals surface area contributed by atoms with Gasteiger partial charge >= 0.3 is 0 Å². The summed E-state index contributed by atoms with van der Waals surface area (Å²) in [6.07, 6.45) is 2.76. The van der Waals surface area contributed by atoms with Crippen LogP contribution in [0.15, 0.2) is 23.3 Å². The van der Waals surface area contributed by atoms with Crippen LogP contribution >= 0.6 is 0 Å². The molecule has 0 radical (unpaired) electrons. The van der Waals surface area contributed by atoms with Crippen molar-refractivity contribution in [3.63, 3.8) is 0 Å². The van der Waals surface area contributed by atoms with Crippen molar-refractivity contribution in [2.24, 2.45) is 4.99 Å². The van der Waals surface area contributed by atoms with Crippen LogP contribution in [0.5, 0.6) is 0 Å². The first-order chi connectivity index (χ1) is 7.24. The van der Waals surface area contributed by atoms with Gasteiger partial charge in [0.25, 0.3) is 0 Å². The molecule has 0 saturated heterocycles. The van der Waals surface area contributed by atoms with Crippen LogP contribution < -0.4 is 0 Å². The molecule has 2 rings (SSSR count). The van der Waals surface area contributed by atoms with E-state index in [2.05, 4.69) is 9.98 Å². The predicted octanol–water partition coefficient (Wildman–Crippen LogP) is 2.28. The summed E-state index contributed by atoms with van der Waals surface area (Å²) in [6, 6.07) is 2.76. The third kappa shape index (κ3) is 1.53. The number of aromatic amines is 1. The quantitative estimate of drug-likeness (QED) is 0.597. The lowest BCUT2D eigenvalue weighted by molar-refractivity contribution is 0.554. The van der Waals surface area contributed by atoms with Gasteiger partial charge in [0.1, 0.15) is 5.82 Å². The van der Waals surface area contributed by atoms with Gasteiger partial charge in [0.05, 0.1) is 12.1 Å². The monoisotopic (exact) mass is 208 g/mol. The SMILES string of the molecule is O=C=NCc1c(F)cc2cc[nH]c2c1F. The van der Waals surface area contributed by atoms with Crippen LogP contribution in [0.25, 0.3) is 10.9 Å². The molecule has 15 heavy (non-hydrogen) atoms. The number of benzene rings is 1. The van der Waals surface area contributed by atoms with Crippen molar-refractivity contribution in [2.45, 2.75) is 6.54 Å². The second kappa shape index (κ2) is 3.63. The Bertz CT molecular complexity index is 556. The topological polar surface area (TPSA) is 45.2 Å². The highest BCUT2D eigenvalue weighted by Crippen LogP contribution is 2.23. The molecule has 0 aliphatic heterocycles. The first-order valence-electron chi connectivity index (χ1n) is 4.21. The number of hydrogen-bond donors (Lipinski definition) is 1. The second-order valence-corrected chi connectivity index (χ2v) is 3.00. The van der Waals surface area contributed by atoms with Gasteiger partial charge in [-0.15, -0.1) is 0 Å². The first kappa shape index (κ1) is 9.55. The van der Waals surface area contributed by atoms with Crippen molar-refractivity contribution >= 4 is 17.0 Å². The minimum absolute atomic E-state index is 0.215. The minimum Gasteiger partial charge on any atom is -0.359 e. The molecule has 0 bridgehead atoms. The van der Waals surface area contributed by atoms with E-state index in [1.807, 2.05) is 0 Å². The summed E-state index contributed by atoms with van der Waals surface area (Å²) in [4.78, 5) is 15.7. The summed E-state index contributed by atoms with van der Waals surface area (Å²) in [5, 5.41) is 0.448. The van der Waals surface area contributed by atoms with Gasteiger partial charge in [-0.05, 0) is 12.1 Å². The second-order valence-electron chi connectivity index (χ2n) is 3.00. The zero-order valence-electron chi connectivity index (χ0n) is 7.55. The molecule has 0 saturated carbocycles. The summed E-state index contributed by atoms with van der Waals surface area (Å²) < 4.78 is 27.0. The lowest BCUT2D eigenvalue weighted by atomic mass is 10.1. The van der Waals surface area contributed by atoms with E-state index in [1.165, 1.54) is 18.3 Å². The fraction of sp³-hybridized carbons (Fsp3) is 0.100. The molecule has 1 aromatic carbocycles. The van der Waals surface area contributed by atoms with E-state index in [-0.39, 0.29) is 17.6 Å². The van der Waals surface area contributed by atoms with E-state index in [0.29, 0.717) is 5.39 Å². The minimum atomic E-state index is -0.714. The number of aliphatic imine (C=N–C) groups is 1. The summed E-state index contributed by atoms with van der Waals surface area (Å²) in [5.41, 5.74) is -0.0131. The van der Waals surface area contributed by atoms with E-state index in [1.54, 1.807) is 6.07 Å². The van der Waals surface area contributed by atoms with Crippen molar-refractivity contribution in [3.8, 4) is 0 Å². The molecule has 0 unspecified atom stereocenters. The number of aromatic nitrogens is 1. The van der Waals surface area contributed by atoms with Gasteiger partial charge in [0.15, 0.2) is 5.82 Å². The molecular formula is C10H6F2N2O. The summed E-state index contributed by atoms with van der Waals surface area (Å²) >= 11 is 0. The molecule has 0 fully saturated rings. The van der Waals surface area contributed by atoms with Crippen molar-refractivity contribution < 1.29 is 13.6 Å². The van der Waals surface area contributed by atoms with Crippen LogP contribution in [-0.2, 0) is 11.3 Å². The number of isocyanates is 1. The van der Waals surface area contributed by atoms with E-state index in [4.69, 9.17) is 0 Å². The summed E-state index contributed by atoms with van der Waals surface area (Å²) in [5.74, 6) is -1.42. The average Bonchev–Trinajstić information content (AvgIpc) is 2.65. The Morgan fingerprint density at radius 3 is 3.00 bits per heavy atom. The summed E-state index contributed by atoms with van der Waals surface area (Å²) in [7, 11) is 0. The number of hydrogen-bond acceptors (Lipinski definition) is 2. The number of nitrogens with one attached hydrogen (secondary N) is 1. The molecule has 0 atom stereocenters. The normalized spacial score (nSPS) is 10.3. The van der Waals surface area contributed by atoms with Crippen LogP contribution in [0.4, 0.5) is 8.78 Å². The Balaban J connectivity index is 2.66. The Kier molecular flexibility index (Phi) is 2.31. The van der Waals surface area contributed by atoms with Gasteiger partial charge in [-0.2, -0.15) is 0 Å². The van der Waals surface area contributed by atoms with E-state index >= 15 is 0 Å². The molecule has 0 aliphatic carbocycles. The fourth-order valence-electron chi connectivity index (χ4n) is 1.43. The largest absolute Gasteiger partial charge is 0.359 e. The van der Waals surface area contributed by atoms with E-state index in [0.717, 1.165) is 0 Å². The molecule has 0 spiro atoms. The maximum Gasteiger partial charge on any atom is 0.235 e. The van der Waals surface area contributed by atoms with Crippen molar-refractivity contribution in [3.05, 3.63) is 35.5 Å². The lowest BCUT2D eigenvalue weighted by Gasteiger charge is -2.02. The number of carbonyl (C=O) groups excluding carboxylic acids is 1. The van der Waals surface area contributed by atoms with E-state index in [9.17, 15) is 13.6 Å². The van der Waals surface area contributed by atoms with Gasteiger partial charge in [-0.1, -0.05) is 0 Å².